The minimum atomic E-state index is -0.771. The Morgan fingerprint density at radius 1 is 1.03 bits per heavy atom. The van der Waals surface area contributed by atoms with Crippen LogP contribution in [0.15, 0.2) is 47.5 Å². The molecular weight excluding hydrogens is 427 g/mol. The summed E-state index contributed by atoms with van der Waals surface area (Å²) in [5.74, 6) is 0.0615. The highest BCUT2D eigenvalue weighted by atomic mass is 19.1. The monoisotopic (exact) mass is 458 g/mol. The van der Waals surface area contributed by atoms with Crippen LogP contribution in [0, 0.1) is 11.7 Å². The number of hydrogen-bond acceptors (Lipinski definition) is 5. The number of halogens is 1. The molecule has 0 aromatic heterocycles. The van der Waals surface area contributed by atoms with Gasteiger partial charge in [0.15, 0.2) is 17.5 Å². The normalized spacial score (nSPS) is 12.2. The maximum atomic E-state index is 13.0. The van der Waals surface area contributed by atoms with Gasteiger partial charge in [-0.15, -0.1) is 0 Å². The first-order valence-corrected chi connectivity index (χ1v) is 10.6. The van der Waals surface area contributed by atoms with Crippen molar-refractivity contribution in [2.45, 2.75) is 39.3 Å². The van der Waals surface area contributed by atoms with Crippen LogP contribution in [-0.2, 0) is 22.6 Å². The van der Waals surface area contributed by atoms with Gasteiger partial charge in [-0.25, -0.2) is 9.38 Å². The van der Waals surface area contributed by atoms with Crippen molar-refractivity contribution in [1.82, 2.24) is 10.6 Å². The third-order valence-corrected chi connectivity index (χ3v) is 4.75. The van der Waals surface area contributed by atoms with E-state index in [-0.39, 0.29) is 42.5 Å². The first-order chi connectivity index (χ1) is 15.7. The van der Waals surface area contributed by atoms with Crippen molar-refractivity contribution in [2.75, 3.05) is 14.2 Å². The number of nitrogens with one attached hydrogen (secondary N) is 2. The number of nitrogens with zero attached hydrogens (tertiary/aromatic N) is 1. The van der Waals surface area contributed by atoms with E-state index in [1.54, 1.807) is 30.3 Å². The zero-order valence-electron chi connectivity index (χ0n) is 19.4. The Balaban J connectivity index is 2.00. The number of aliphatic imine (C=N–C) groups is 1. The molecule has 8 nitrogen and oxygen atoms in total. The Morgan fingerprint density at radius 2 is 1.67 bits per heavy atom. The molecule has 1 atom stereocenters. The van der Waals surface area contributed by atoms with E-state index in [1.807, 2.05) is 13.8 Å². The van der Waals surface area contributed by atoms with Crippen LogP contribution >= 0.6 is 0 Å². The first-order valence-electron chi connectivity index (χ1n) is 10.6. The summed E-state index contributed by atoms with van der Waals surface area (Å²) in [6.07, 6.45) is 0.490. The molecule has 178 valence electrons. The number of carbonyl (C=O) groups is 2. The molecule has 0 spiro atoms. The van der Waals surface area contributed by atoms with Gasteiger partial charge in [0.2, 0.25) is 11.8 Å². The Labute approximate surface area is 193 Å². The molecule has 0 saturated carbocycles. The fraction of sp³-hybridized carbons (Fsp3) is 0.375. The van der Waals surface area contributed by atoms with Crippen molar-refractivity contribution in [3.63, 3.8) is 0 Å². The van der Waals surface area contributed by atoms with Gasteiger partial charge in [-0.2, -0.15) is 0 Å². The van der Waals surface area contributed by atoms with E-state index < -0.39 is 6.04 Å². The molecule has 0 radical (unpaired) electrons. The van der Waals surface area contributed by atoms with Crippen LogP contribution in [-0.4, -0.2) is 38.0 Å². The van der Waals surface area contributed by atoms with Gasteiger partial charge in [0.05, 0.1) is 20.6 Å². The van der Waals surface area contributed by atoms with E-state index in [0.717, 1.165) is 5.56 Å². The third kappa shape index (κ3) is 8.44. The quantitative estimate of drug-likeness (QED) is 0.374. The van der Waals surface area contributed by atoms with Gasteiger partial charge in [0, 0.05) is 6.54 Å². The van der Waals surface area contributed by atoms with Gasteiger partial charge >= 0.3 is 0 Å². The smallest absolute Gasteiger partial charge is 0.245 e. The lowest BCUT2D eigenvalue weighted by molar-refractivity contribution is -0.123. The molecule has 0 heterocycles. The zero-order chi connectivity index (χ0) is 24.4. The highest BCUT2D eigenvalue weighted by Crippen LogP contribution is 2.27. The molecule has 2 aromatic carbocycles. The minimum absolute atomic E-state index is 0.0438. The summed E-state index contributed by atoms with van der Waals surface area (Å²) in [5.41, 5.74) is 7.38. The summed E-state index contributed by atoms with van der Waals surface area (Å²) in [6, 6.07) is 10.2. The molecular formula is C24H31FN4O4. The lowest BCUT2D eigenvalue weighted by atomic mass is 10.0. The van der Waals surface area contributed by atoms with Crippen LogP contribution in [0.3, 0.4) is 0 Å². The maximum absolute atomic E-state index is 13.0. The molecule has 1 unspecified atom stereocenters. The number of nitrogens with two attached hydrogens (primary N) is 1. The summed E-state index contributed by atoms with van der Waals surface area (Å²) < 4.78 is 23.5. The molecule has 0 aliphatic rings. The minimum Gasteiger partial charge on any atom is -0.493 e. The molecule has 33 heavy (non-hydrogen) atoms. The van der Waals surface area contributed by atoms with Gasteiger partial charge in [0.25, 0.3) is 0 Å². The van der Waals surface area contributed by atoms with Crippen LogP contribution in [0.4, 0.5) is 4.39 Å². The van der Waals surface area contributed by atoms with Crippen LogP contribution in [0.1, 0.15) is 31.4 Å². The van der Waals surface area contributed by atoms with E-state index in [9.17, 15) is 14.0 Å². The molecule has 2 amide bonds. The number of ether oxygens (including phenoxy) is 2. The Kier molecular flexibility index (Phi) is 9.65. The summed E-state index contributed by atoms with van der Waals surface area (Å²) in [7, 11) is 3.05. The highest BCUT2D eigenvalue weighted by molar-refractivity contribution is 5.98. The zero-order valence-corrected chi connectivity index (χ0v) is 19.4. The van der Waals surface area contributed by atoms with E-state index >= 15 is 0 Å². The van der Waals surface area contributed by atoms with Crippen molar-refractivity contribution < 1.29 is 23.5 Å². The predicted molar refractivity (Wildman–Crippen MR) is 125 cm³/mol. The number of methoxy groups -OCH3 is 2. The highest BCUT2D eigenvalue weighted by Gasteiger charge is 2.20. The van der Waals surface area contributed by atoms with E-state index in [4.69, 9.17) is 15.2 Å². The fourth-order valence-electron chi connectivity index (χ4n) is 3.14. The van der Waals surface area contributed by atoms with Gasteiger partial charge < -0.3 is 20.5 Å². The summed E-state index contributed by atoms with van der Waals surface area (Å²) in [4.78, 5) is 29.3. The van der Waals surface area contributed by atoms with Crippen LogP contribution in [0.25, 0.3) is 0 Å². The van der Waals surface area contributed by atoms with Gasteiger partial charge in [-0.1, -0.05) is 32.0 Å². The molecule has 0 bridgehead atoms. The van der Waals surface area contributed by atoms with E-state index in [2.05, 4.69) is 15.6 Å². The molecule has 0 aliphatic heterocycles. The number of hydrogen-bond donors (Lipinski definition) is 3. The molecule has 0 saturated heterocycles. The van der Waals surface area contributed by atoms with Gasteiger partial charge in [0.1, 0.15) is 11.9 Å². The maximum Gasteiger partial charge on any atom is 0.245 e. The van der Waals surface area contributed by atoms with Crippen molar-refractivity contribution >= 4 is 17.8 Å². The second-order valence-electron chi connectivity index (χ2n) is 7.92. The van der Waals surface area contributed by atoms with E-state index in [0.29, 0.717) is 23.5 Å². The first kappa shape index (κ1) is 25.6. The lowest BCUT2D eigenvalue weighted by Gasteiger charge is -2.16. The Morgan fingerprint density at radius 3 is 2.27 bits per heavy atom. The number of amides is 2. The van der Waals surface area contributed by atoms with Crippen molar-refractivity contribution in [2.24, 2.45) is 16.6 Å². The summed E-state index contributed by atoms with van der Waals surface area (Å²) in [6.45, 7) is 4.15. The topological polar surface area (TPSA) is 115 Å². The summed E-state index contributed by atoms with van der Waals surface area (Å²) >= 11 is 0. The Bertz CT molecular complexity index is 977. The average molecular weight is 459 g/mol. The Hall–Kier alpha value is -3.62. The largest absolute Gasteiger partial charge is 0.493 e. The average Bonchev–Trinajstić information content (AvgIpc) is 2.77. The molecule has 9 heteroatoms. The van der Waals surface area contributed by atoms with Crippen LogP contribution < -0.4 is 25.8 Å². The van der Waals surface area contributed by atoms with E-state index in [1.165, 1.54) is 26.4 Å². The number of carbonyl (C=O) groups excluding carboxylic acids is 2. The van der Waals surface area contributed by atoms with Crippen LogP contribution in [0.2, 0.25) is 0 Å². The second kappa shape index (κ2) is 12.4. The lowest BCUT2D eigenvalue weighted by Crippen LogP contribution is -2.41. The second-order valence-corrected chi connectivity index (χ2v) is 7.92. The summed E-state index contributed by atoms with van der Waals surface area (Å²) in [5, 5.41) is 5.31. The third-order valence-electron chi connectivity index (χ3n) is 4.75. The predicted octanol–water partition coefficient (Wildman–Crippen LogP) is 2.55. The van der Waals surface area contributed by atoms with Crippen molar-refractivity contribution in [1.29, 1.82) is 0 Å². The number of benzene rings is 2. The fourth-order valence-corrected chi connectivity index (χ4v) is 3.14. The molecule has 0 fully saturated rings. The van der Waals surface area contributed by atoms with Crippen molar-refractivity contribution in [3.05, 3.63) is 59.4 Å². The van der Waals surface area contributed by atoms with Crippen molar-refractivity contribution in [3.8, 4) is 11.5 Å². The number of rotatable bonds is 10. The molecule has 2 aromatic rings. The standard InChI is InChI=1S/C24H31FN4O4/c1-15(2)11-19(23(31)27-14-16-5-8-18(25)9-6-16)28-24(26)29-22(30)13-17-7-10-20(32-3)21(12-17)33-4/h5-10,12,15,19H,11,13-14H2,1-4H3,(H,27,31)(H3,26,28,29,30). The molecule has 4 N–H and O–H groups in total. The SMILES string of the molecule is COc1ccc(CC(=O)NC(N)=NC(CC(C)C)C(=O)NCc2ccc(F)cc2)cc1OC. The van der Waals surface area contributed by atoms with Gasteiger partial charge in [-0.05, 0) is 47.7 Å². The van der Waals surface area contributed by atoms with Crippen LogP contribution in [0.5, 0.6) is 11.5 Å². The van der Waals surface area contributed by atoms with Gasteiger partial charge in [-0.3, -0.25) is 14.9 Å². The molecule has 0 aliphatic carbocycles. The number of guanidine groups is 1. The molecule has 2 rings (SSSR count).